The molecule has 0 aliphatic carbocycles. The third kappa shape index (κ3) is 4.40. The van der Waals surface area contributed by atoms with Crippen LogP contribution in [0.3, 0.4) is 0 Å². The van der Waals surface area contributed by atoms with E-state index in [1.807, 2.05) is 48.7 Å². The van der Waals surface area contributed by atoms with Crippen LogP contribution in [0.15, 0.2) is 94.8 Å². The van der Waals surface area contributed by atoms with E-state index in [1.165, 1.54) is 5.56 Å². The van der Waals surface area contributed by atoms with E-state index in [0.717, 1.165) is 32.5 Å². The van der Waals surface area contributed by atoms with Crippen molar-refractivity contribution in [3.63, 3.8) is 0 Å². The van der Waals surface area contributed by atoms with Gasteiger partial charge in [-0.05, 0) is 42.0 Å². The van der Waals surface area contributed by atoms with Gasteiger partial charge in [0.2, 0.25) is 0 Å². The monoisotopic (exact) mass is 448 g/mol. The van der Waals surface area contributed by atoms with E-state index in [1.54, 1.807) is 18.0 Å². The second-order valence-electron chi connectivity index (χ2n) is 5.98. The average Bonchev–Trinajstić information content (AvgIpc) is 3.17. The van der Waals surface area contributed by atoms with E-state index in [2.05, 4.69) is 72.1 Å². The molecule has 0 aliphatic rings. The van der Waals surface area contributed by atoms with Gasteiger partial charge in [0.05, 0.1) is 0 Å². The number of hydrogen-bond acceptors (Lipinski definition) is 4. The van der Waals surface area contributed by atoms with Crippen molar-refractivity contribution in [3.05, 3.63) is 95.2 Å². The summed E-state index contributed by atoms with van der Waals surface area (Å²) in [5.41, 5.74) is 3.14. The van der Waals surface area contributed by atoms with Crippen LogP contribution in [0, 0.1) is 0 Å². The molecule has 0 saturated heterocycles. The molecule has 4 rings (SSSR count). The molecule has 138 valence electrons. The molecular weight excluding hydrogens is 432 g/mol. The van der Waals surface area contributed by atoms with Crippen molar-refractivity contribution in [2.45, 2.75) is 5.16 Å². The van der Waals surface area contributed by atoms with Crippen LogP contribution in [-0.2, 0) is 0 Å². The highest BCUT2D eigenvalue weighted by molar-refractivity contribution is 9.10. The maximum atomic E-state index is 4.44. The van der Waals surface area contributed by atoms with E-state index in [4.69, 9.17) is 0 Å². The molecule has 2 aromatic carbocycles. The Bertz CT molecular complexity index is 1060. The lowest BCUT2D eigenvalue weighted by atomic mass is 10.2. The summed E-state index contributed by atoms with van der Waals surface area (Å²) >= 11 is 5.15. The van der Waals surface area contributed by atoms with E-state index in [-0.39, 0.29) is 0 Å². The van der Waals surface area contributed by atoms with E-state index in [0.29, 0.717) is 0 Å². The summed E-state index contributed by atoms with van der Waals surface area (Å²) < 4.78 is 3.11. The fraction of sp³-hybridized carbons (Fsp3) is 0.0455. The van der Waals surface area contributed by atoms with Gasteiger partial charge in [-0.25, -0.2) is 0 Å². The molecule has 0 amide bonds. The van der Waals surface area contributed by atoms with Crippen LogP contribution in [0.25, 0.3) is 23.2 Å². The first kappa shape index (κ1) is 18.7. The summed E-state index contributed by atoms with van der Waals surface area (Å²) in [6.07, 6.45) is 7.83. The van der Waals surface area contributed by atoms with Crippen molar-refractivity contribution in [3.8, 4) is 17.1 Å². The highest BCUT2D eigenvalue weighted by Gasteiger charge is 2.15. The van der Waals surface area contributed by atoms with Crippen LogP contribution in [0.1, 0.15) is 5.56 Å². The first-order valence-electron chi connectivity index (χ1n) is 8.77. The summed E-state index contributed by atoms with van der Waals surface area (Å²) in [6, 6.07) is 22.3. The Hall–Kier alpha value is -2.70. The summed E-state index contributed by atoms with van der Waals surface area (Å²) in [6.45, 7) is 0. The zero-order valence-corrected chi connectivity index (χ0v) is 17.3. The quantitative estimate of drug-likeness (QED) is 0.344. The fourth-order valence-electron chi connectivity index (χ4n) is 2.74. The molecule has 4 nitrogen and oxygen atoms in total. The molecule has 2 heterocycles. The number of halogens is 1. The molecule has 0 unspecified atom stereocenters. The molecule has 28 heavy (non-hydrogen) atoms. The van der Waals surface area contributed by atoms with Crippen LogP contribution in [0.4, 0.5) is 0 Å². The number of hydrogen-bond donors (Lipinski definition) is 0. The molecule has 0 N–H and O–H groups in total. The molecule has 0 atom stereocenters. The van der Waals surface area contributed by atoms with Gasteiger partial charge in [0, 0.05) is 33.9 Å². The maximum Gasteiger partial charge on any atom is 0.196 e. The molecule has 4 aromatic rings. The van der Waals surface area contributed by atoms with Crippen molar-refractivity contribution in [2.24, 2.45) is 0 Å². The van der Waals surface area contributed by atoms with E-state index in [9.17, 15) is 0 Å². The van der Waals surface area contributed by atoms with Crippen LogP contribution >= 0.6 is 27.7 Å². The summed E-state index contributed by atoms with van der Waals surface area (Å²) in [5.74, 6) is 1.58. The highest BCUT2D eigenvalue weighted by atomic mass is 79.9. The molecule has 2 aromatic heterocycles. The minimum Gasteiger partial charge on any atom is -0.270 e. The normalized spacial score (nSPS) is 11.2. The Morgan fingerprint density at radius 3 is 2.50 bits per heavy atom. The van der Waals surface area contributed by atoms with Crippen LogP contribution in [-0.4, -0.2) is 25.5 Å². The summed E-state index contributed by atoms with van der Waals surface area (Å²) in [4.78, 5) is 4.22. The Morgan fingerprint density at radius 1 is 0.929 bits per heavy atom. The maximum absolute atomic E-state index is 4.44. The van der Waals surface area contributed by atoms with Gasteiger partial charge in [-0.3, -0.25) is 9.55 Å². The molecule has 0 bridgehead atoms. The molecule has 6 heteroatoms. The van der Waals surface area contributed by atoms with E-state index >= 15 is 0 Å². The Kier molecular flexibility index (Phi) is 5.99. The van der Waals surface area contributed by atoms with Gasteiger partial charge in [0.15, 0.2) is 11.0 Å². The smallest absolute Gasteiger partial charge is 0.196 e. The molecule has 0 fully saturated rings. The fourth-order valence-corrected chi connectivity index (χ4v) is 3.76. The third-order valence-electron chi connectivity index (χ3n) is 4.06. The Morgan fingerprint density at radius 2 is 1.75 bits per heavy atom. The Labute approximate surface area is 176 Å². The van der Waals surface area contributed by atoms with Gasteiger partial charge in [0.1, 0.15) is 0 Å². The third-order valence-corrected chi connectivity index (χ3v) is 5.47. The number of aromatic nitrogens is 4. The minimum absolute atomic E-state index is 0.782. The number of benzene rings is 2. The van der Waals surface area contributed by atoms with Crippen molar-refractivity contribution >= 4 is 33.8 Å². The topological polar surface area (TPSA) is 43.6 Å². The largest absolute Gasteiger partial charge is 0.270 e. The van der Waals surface area contributed by atoms with Gasteiger partial charge >= 0.3 is 0 Å². The summed E-state index contributed by atoms with van der Waals surface area (Å²) in [7, 11) is 0. The number of rotatable bonds is 6. The second-order valence-corrected chi connectivity index (χ2v) is 7.89. The first-order valence-corrected chi connectivity index (χ1v) is 10.6. The SMILES string of the molecule is Brc1ccc(-n2c(SCC=Cc3ccccc3)nnc2-c2cccnc2)cc1. The van der Waals surface area contributed by atoms with Crippen molar-refractivity contribution in [1.29, 1.82) is 0 Å². The lowest BCUT2D eigenvalue weighted by Gasteiger charge is -2.10. The second kappa shape index (κ2) is 8.99. The molecule has 0 aliphatic heterocycles. The van der Waals surface area contributed by atoms with Crippen LogP contribution < -0.4 is 0 Å². The van der Waals surface area contributed by atoms with Crippen LogP contribution in [0.2, 0.25) is 0 Å². The zero-order chi connectivity index (χ0) is 19.2. The molecule has 0 saturated carbocycles. The lowest BCUT2D eigenvalue weighted by molar-refractivity contribution is 0.887. The highest BCUT2D eigenvalue weighted by Crippen LogP contribution is 2.28. The van der Waals surface area contributed by atoms with Gasteiger partial charge in [-0.1, -0.05) is 70.2 Å². The lowest BCUT2D eigenvalue weighted by Crippen LogP contribution is -1.99. The van der Waals surface area contributed by atoms with Crippen molar-refractivity contribution < 1.29 is 0 Å². The van der Waals surface area contributed by atoms with Crippen LogP contribution in [0.5, 0.6) is 0 Å². The standard InChI is InChI=1S/C22H17BrN4S/c23-19-10-12-20(13-11-19)27-21(18-9-4-14-24-16-18)25-26-22(27)28-15-5-8-17-6-2-1-3-7-17/h1-14,16H,15H2. The van der Waals surface area contributed by atoms with Gasteiger partial charge < -0.3 is 0 Å². The molecule has 0 spiro atoms. The zero-order valence-electron chi connectivity index (χ0n) is 14.9. The van der Waals surface area contributed by atoms with Crippen molar-refractivity contribution in [2.75, 3.05) is 5.75 Å². The average molecular weight is 449 g/mol. The predicted molar refractivity (Wildman–Crippen MR) is 118 cm³/mol. The van der Waals surface area contributed by atoms with Gasteiger partial charge in [0.25, 0.3) is 0 Å². The number of pyridine rings is 1. The van der Waals surface area contributed by atoms with Gasteiger partial charge in [-0.15, -0.1) is 10.2 Å². The van der Waals surface area contributed by atoms with Crippen molar-refractivity contribution in [1.82, 2.24) is 19.7 Å². The van der Waals surface area contributed by atoms with E-state index < -0.39 is 0 Å². The number of nitrogens with zero attached hydrogens (tertiary/aromatic N) is 4. The predicted octanol–water partition coefficient (Wildman–Crippen LogP) is 5.90. The molecular formula is C22H17BrN4S. The summed E-state index contributed by atoms with van der Waals surface area (Å²) in [5, 5.41) is 9.72. The minimum atomic E-state index is 0.782. The number of thioether (sulfide) groups is 1. The molecule has 0 radical (unpaired) electrons. The van der Waals surface area contributed by atoms with Gasteiger partial charge in [-0.2, -0.15) is 0 Å². The first-order chi connectivity index (χ1) is 13.8. The Balaban J connectivity index is 1.62.